The third kappa shape index (κ3) is 4.52. The minimum absolute atomic E-state index is 0.0979. The number of benzene rings is 2. The molecule has 1 amide bonds. The highest BCUT2D eigenvalue weighted by Gasteiger charge is 2.04. The van der Waals surface area contributed by atoms with Crippen LogP contribution >= 0.6 is 0 Å². The number of carbonyl (C=O) groups excluding carboxylic acids is 1. The number of amides is 1. The average molecular weight is 299 g/mol. The molecular weight excluding hydrogens is 278 g/mol. The third-order valence-electron chi connectivity index (χ3n) is 3.12. The van der Waals surface area contributed by atoms with Gasteiger partial charge in [-0.05, 0) is 48.4 Å². The zero-order valence-electron chi connectivity index (χ0n) is 13.0. The SMILES string of the molecule is CCCOc1ccc(OCc2cccc(C(=O)NC)c2)cc1. The molecule has 0 fully saturated rings. The van der Waals surface area contributed by atoms with Crippen molar-refractivity contribution in [2.75, 3.05) is 13.7 Å². The molecule has 0 spiro atoms. The van der Waals surface area contributed by atoms with Crippen LogP contribution in [0.3, 0.4) is 0 Å². The summed E-state index contributed by atoms with van der Waals surface area (Å²) in [5.41, 5.74) is 1.58. The number of rotatable bonds is 7. The molecule has 4 heteroatoms. The zero-order chi connectivity index (χ0) is 15.8. The summed E-state index contributed by atoms with van der Waals surface area (Å²) >= 11 is 0. The molecule has 2 aromatic rings. The largest absolute Gasteiger partial charge is 0.494 e. The van der Waals surface area contributed by atoms with E-state index >= 15 is 0 Å². The molecule has 2 aromatic carbocycles. The first-order chi connectivity index (χ1) is 10.7. The van der Waals surface area contributed by atoms with Crippen molar-refractivity contribution in [3.63, 3.8) is 0 Å². The number of hydrogen-bond acceptors (Lipinski definition) is 3. The summed E-state index contributed by atoms with van der Waals surface area (Å²) in [5.74, 6) is 1.52. The molecule has 0 aromatic heterocycles. The number of nitrogens with one attached hydrogen (secondary N) is 1. The molecule has 0 heterocycles. The molecule has 1 N–H and O–H groups in total. The molecule has 0 bridgehead atoms. The first-order valence-electron chi connectivity index (χ1n) is 7.39. The van der Waals surface area contributed by atoms with Crippen LogP contribution in [0.1, 0.15) is 29.3 Å². The van der Waals surface area contributed by atoms with Crippen molar-refractivity contribution < 1.29 is 14.3 Å². The minimum Gasteiger partial charge on any atom is -0.494 e. The van der Waals surface area contributed by atoms with Crippen molar-refractivity contribution in [2.24, 2.45) is 0 Å². The van der Waals surface area contributed by atoms with Crippen molar-refractivity contribution in [1.82, 2.24) is 5.32 Å². The second-order valence-corrected chi connectivity index (χ2v) is 4.89. The maximum Gasteiger partial charge on any atom is 0.251 e. The van der Waals surface area contributed by atoms with Crippen LogP contribution in [-0.2, 0) is 6.61 Å². The first kappa shape index (κ1) is 15.9. The standard InChI is InChI=1S/C18H21NO3/c1-3-11-21-16-7-9-17(10-8-16)22-13-14-5-4-6-15(12-14)18(20)19-2/h4-10,12H,3,11,13H2,1-2H3,(H,19,20). The molecule has 22 heavy (non-hydrogen) atoms. The number of ether oxygens (including phenoxy) is 2. The Morgan fingerprint density at radius 2 is 1.73 bits per heavy atom. The second-order valence-electron chi connectivity index (χ2n) is 4.89. The van der Waals surface area contributed by atoms with Crippen LogP contribution in [-0.4, -0.2) is 19.6 Å². The lowest BCUT2D eigenvalue weighted by Crippen LogP contribution is -2.17. The van der Waals surface area contributed by atoms with Gasteiger partial charge in [-0.25, -0.2) is 0 Å². The van der Waals surface area contributed by atoms with Crippen molar-refractivity contribution in [3.8, 4) is 11.5 Å². The van der Waals surface area contributed by atoms with E-state index in [0.29, 0.717) is 18.8 Å². The average Bonchev–Trinajstić information content (AvgIpc) is 2.58. The Morgan fingerprint density at radius 3 is 2.36 bits per heavy atom. The van der Waals surface area contributed by atoms with Crippen LogP contribution in [0.25, 0.3) is 0 Å². The lowest BCUT2D eigenvalue weighted by molar-refractivity contribution is 0.0963. The predicted molar refractivity (Wildman–Crippen MR) is 86.4 cm³/mol. The summed E-state index contributed by atoms with van der Waals surface area (Å²) in [6.07, 6.45) is 0.986. The number of hydrogen-bond donors (Lipinski definition) is 1. The van der Waals surface area contributed by atoms with Gasteiger partial charge >= 0.3 is 0 Å². The van der Waals surface area contributed by atoms with Gasteiger partial charge in [-0.15, -0.1) is 0 Å². The van der Waals surface area contributed by atoms with Gasteiger partial charge in [-0.2, -0.15) is 0 Å². The topological polar surface area (TPSA) is 47.6 Å². The van der Waals surface area contributed by atoms with E-state index < -0.39 is 0 Å². The molecule has 0 unspecified atom stereocenters. The maximum atomic E-state index is 11.6. The van der Waals surface area contributed by atoms with Crippen molar-refractivity contribution in [1.29, 1.82) is 0 Å². The van der Waals surface area contributed by atoms with E-state index in [2.05, 4.69) is 12.2 Å². The Morgan fingerprint density at radius 1 is 1.05 bits per heavy atom. The molecule has 0 radical (unpaired) electrons. The van der Waals surface area contributed by atoms with E-state index in [0.717, 1.165) is 23.5 Å². The van der Waals surface area contributed by atoms with Crippen LogP contribution in [0.4, 0.5) is 0 Å². The van der Waals surface area contributed by atoms with Crippen LogP contribution < -0.4 is 14.8 Å². The summed E-state index contributed by atoms with van der Waals surface area (Å²) in [4.78, 5) is 11.6. The minimum atomic E-state index is -0.0979. The van der Waals surface area contributed by atoms with Gasteiger partial charge in [-0.3, -0.25) is 4.79 Å². The molecule has 116 valence electrons. The molecule has 0 aliphatic rings. The molecule has 0 aliphatic carbocycles. The molecule has 4 nitrogen and oxygen atoms in total. The fourth-order valence-corrected chi connectivity index (χ4v) is 1.97. The van der Waals surface area contributed by atoms with Gasteiger partial charge in [-0.1, -0.05) is 19.1 Å². The Balaban J connectivity index is 1.93. The van der Waals surface area contributed by atoms with E-state index in [1.807, 2.05) is 42.5 Å². The Bertz CT molecular complexity index is 608. The highest BCUT2D eigenvalue weighted by atomic mass is 16.5. The molecule has 0 saturated heterocycles. The Hall–Kier alpha value is -2.49. The highest BCUT2D eigenvalue weighted by Crippen LogP contribution is 2.19. The van der Waals surface area contributed by atoms with Gasteiger partial charge < -0.3 is 14.8 Å². The van der Waals surface area contributed by atoms with Gasteiger partial charge in [0.25, 0.3) is 5.91 Å². The summed E-state index contributed by atoms with van der Waals surface area (Å²) in [6.45, 7) is 3.21. The summed E-state index contributed by atoms with van der Waals surface area (Å²) in [6, 6.07) is 15.0. The lowest BCUT2D eigenvalue weighted by atomic mass is 10.1. The van der Waals surface area contributed by atoms with Gasteiger partial charge in [0.15, 0.2) is 0 Å². The number of carbonyl (C=O) groups is 1. The van der Waals surface area contributed by atoms with E-state index in [1.54, 1.807) is 13.1 Å². The van der Waals surface area contributed by atoms with Crippen LogP contribution in [0.15, 0.2) is 48.5 Å². The van der Waals surface area contributed by atoms with Crippen molar-refractivity contribution in [2.45, 2.75) is 20.0 Å². The first-order valence-corrected chi connectivity index (χ1v) is 7.39. The summed E-state index contributed by atoms with van der Waals surface area (Å²) < 4.78 is 11.3. The third-order valence-corrected chi connectivity index (χ3v) is 3.12. The van der Waals surface area contributed by atoms with Crippen LogP contribution in [0.5, 0.6) is 11.5 Å². The Kier molecular flexibility index (Phi) is 5.83. The van der Waals surface area contributed by atoms with E-state index in [9.17, 15) is 4.79 Å². The fraction of sp³-hybridized carbons (Fsp3) is 0.278. The molecule has 0 atom stereocenters. The highest BCUT2D eigenvalue weighted by molar-refractivity contribution is 5.94. The predicted octanol–water partition coefficient (Wildman–Crippen LogP) is 3.41. The second kappa shape index (κ2) is 8.08. The Labute approximate surface area is 131 Å². The van der Waals surface area contributed by atoms with Crippen LogP contribution in [0, 0.1) is 0 Å². The monoisotopic (exact) mass is 299 g/mol. The molecule has 2 rings (SSSR count). The van der Waals surface area contributed by atoms with Crippen LogP contribution in [0.2, 0.25) is 0 Å². The summed E-state index contributed by atoms with van der Waals surface area (Å²) in [5, 5.41) is 2.61. The fourth-order valence-electron chi connectivity index (χ4n) is 1.97. The van der Waals surface area contributed by atoms with Crippen molar-refractivity contribution in [3.05, 3.63) is 59.7 Å². The van der Waals surface area contributed by atoms with Gasteiger partial charge in [0.05, 0.1) is 6.61 Å². The lowest BCUT2D eigenvalue weighted by Gasteiger charge is -2.09. The quantitative estimate of drug-likeness (QED) is 0.852. The molecule has 0 saturated carbocycles. The zero-order valence-corrected chi connectivity index (χ0v) is 13.0. The maximum absolute atomic E-state index is 11.6. The van der Waals surface area contributed by atoms with Crippen molar-refractivity contribution >= 4 is 5.91 Å². The van der Waals surface area contributed by atoms with E-state index in [1.165, 1.54) is 0 Å². The summed E-state index contributed by atoms with van der Waals surface area (Å²) in [7, 11) is 1.62. The van der Waals surface area contributed by atoms with Gasteiger partial charge in [0.1, 0.15) is 18.1 Å². The molecular formula is C18H21NO3. The molecule has 0 aliphatic heterocycles. The van der Waals surface area contributed by atoms with Gasteiger partial charge in [0.2, 0.25) is 0 Å². The normalized spacial score (nSPS) is 10.1. The van der Waals surface area contributed by atoms with E-state index in [4.69, 9.17) is 9.47 Å². The smallest absolute Gasteiger partial charge is 0.251 e. The van der Waals surface area contributed by atoms with Gasteiger partial charge in [0, 0.05) is 12.6 Å². The van der Waals surface area contributed by atoms with E-state index in [-0.39, 0.29) is 5.91 Å².